The molecule has 32 heavy (non-hydrogen) atoms. The van der Waals surface area contributed by atoms with Crippen molar-refractivity contribution < 1.29 is 13.9 Å². The fraction of sp³-hybridized carbons (Fsp3) is 0.615. The minimum absolute atomic E-state index is 0.334. The van der Waals surface area contributed by atoms with E-state index in [0.29, 0.717) is 24.9 Å². The van der Waals surface area contributed by atoms with Crippen LogP contribution in [-0.4, -0.2) is 53.6 Å². The number of hydrogen-bond acceptors (Lipinski definition) is 5. The van der Waals surface area contributed by atoms with Gasteiger partial charge in [0.05, 0.1) is 11.8 Å². The van der Waals surface area contributed by atoms with Crippen molar-refractivity contribution in [3.05, 3.63) is 36.0 Å². The summed E-state index contributed by atoms with van der Waals surface area (Å²) >= 11 is 0. The monoisotopic (exact) mass is 441 g/mol. The zero-order valence-electron chi connectivity index (χ0n) is 19.4. The van der Waals surface area contributed by atoms with Crippen LogP contribution in [0.3, 0.4) is 0 Å². The van der Waals surface area contributed by atoms with Gasteiger partial charge in [-0.2, -0.15) is 5.10 Å². The Morgan fingerprint density at radius 2 is 1.81 bits per heavy atom. The summed E-state index contributed by atoms with van der Waals surface area (Å²) in [6, 6.07) is 10.2. The van der Waals surface area contributed by atoms with E-state index < -0.39 is 12.3 Å². The van der Waals surface area contributed by atoms with Gasteiger partial charge in [-0.15, -0.1) is 5.10 Å². The third-order valence-corrected chi connectivity index (χ3v) is 6.59. The molecular weight excluding hydrogens is 405 g/mol. The summed E-state index contributed by atoms with van der Waals surface area (Å²) in [6.45, 7) is 3.38. The van der Waals surface area contributed by atoms with Crippen LogP contribution in [0.15, 0.2) is 30.3 Å². The van der Waals surface area contributed by atoms with Crippen molar-refractivity contribution in [1.29, 1.82) is 0 Å². The van der Waals surface area contributed by atoms with Gasteiger partial charge in [0, 0.05) is 24.7 Å². The molecule has 1 saturated carbocycles. The molecular formula is C26H36FN3O2. The molecule has 0 N–H and O–H groups in total. The highest BCUT2D eigenvalue weighted by Gasteiger charge is 2.30. The number of hydrogen-bond donors (Lipinski definition) is 0. The van der Waals surface area contributed by atoms with Crippen LogP contribution in [0.1, 0.15) is 64.0 Å². The SMILES string of the molecule is CCCCc1nnc(OC2CCN(C)CC2F)cc1-c1ccc(OC2CCCCC2)cc1. The average Bonchev–Trinajstić information content (AvgIpc) is 2.81. The Kier molecular flexibility index (Phi) is 7.95. The van der Waals surface area contributed by atoms with E-state index in [1.807, 2.05) is 30.1 Å². The molecule has 0 bridgehead atoms. The summed E-state index contributed by atoms with van der Waals surface area (Å²) in [5.41, 5.74) is 3.03. The molecule has 5 nitrogen and oxygen atoms in total. The quantitative estimate of drug-likeness (QED) is 0.532. The second-order valence-corrected chi connectivity index (χ2v) is 9.27. The van der Waals surface area contributed by atoms with Gasteiger partial charge in [-0.05, 0) is 69.7 Å². The number of aryl methyl sites for hydroxylation is 1. The lowest BCUT2D eigenvalue weighted by molar-refractivity contribution is 0.0281. The normalized spacial score (nSPS) is 22.6. The van der Waals surface area contributed by atoms with Crippen LogP contribution in [0.2, 0.25) is 0 Å². The first-order valence-corrected chi connectivity index (χ1v) is 12.3. The van der Waals surface area contributed by atoms with Gasteiger partial charge in [-0.3, -0.25) is 0 Å². The molecule has 2 unspecified atom stereocenters. The molecule has 2 atom stereocenters. The van der Waals surface area contributed by atoms with Crippen molar-refractivity contribution in [2.24, 2.45) is 0 Å². The molecule has 2 aromatic rings. The number of unbranched alkanes of at least 4 members (excludes halogenated alkanes) is 1. The Balaban J connectivity index is 1.51. The van der Waals surface area contributed by atoms with Crippen LogP contribution < -0.4 is 9.47 Å². The van der Waals surface area contributed by atoms with Crippen LogP contribution in [0.5, 0.6) is 11.6 Å². The van der Waals surface area contributed by atoms with E-state index in [-0.39, 0.29) is 0 Å². The van der Waals surface area contributed by atoms with E-state index >= 15 is 0 Å². The lowest BCUT2D eigenvalue weighted by Crippen LogP contribution is -2.45. The van der Waals surface area contributed by atoms with Crippen molar-refractivity contribution in [1.82, 2.24) is 15.1 Å². The van der Waals surface area contributed by atoms with E-state index in [4.69, 9.17) is 9.47 Å². The Bertz CT molecular complexity index is 855. The van der Waals surface area contributed by atoms with Crippen molar-refractivity contribution in [2.75, 3.05) is 20.1 Å². The van der Waals surface area contributed by atoms with Crippen LogP contribution in [0, 0.1) is 0 Å². The van der Waals surface area contributed by atoms with Gasteiger partial charge in [0.2, 0.25) is 5.88 Å². The highest BCUT2D eigenvalue weighted by atomic mass is 19.1. The first kappa shape index (κ1) is 23.0. The maximum Gasteiger partial charge on any atom is 0.234 e. The van der Waals surface area contributed by atoms with Crippen molar-refractivity contribution in [2.45, 2.75) is 83.1 Å². The number of rotatable bonds is 8. The van der Waals surface area contributed by atoms with E-state index in [1.54, 1.807) is 0 Å². The molecule has 1 aromatic heterocycles. The molecule has 1 aliphatic carbocycles. The number of ether oxygens (including phenoxy) is 2. The molecule has 2 aliphatic rings. The van der Waals surface area contributed by atoms with Gasteiger partial charge in [0.1, 0.15) is 18.0 Å². The standard InChI is InChI=1S/C26H36FN3O2/c1-3-4-10-24-22(17-26(29-28-24)32-25-15-16-30(2)18-23(25)27)19-11-13-21(14-12-19)31-20-8-6-5-7-9-20/h11-14,17,20,23,25H,3-10,15-16,18H2,1-2H3. The predicted octanol–water partition coefficient (Wildman–Crippen LogP) is 5.62. The minimum atomic E-state index is -1.02. The number of likely N-dealkylation sites (tertiary alicyclic amines) is 1. The number of benzene rings is 1. The second kappa shape index (κ2) is 11.1. The predicted molar refractivity (Wildman–Crippen MR) is 125 cm³/mol. The fourth-order valence-electron chi connectivity index (χ4n) is 4.65. The average molecular weight is 442 g/mol. The van der Waals surface area contributed by atoms with E-state index in [1.165, 1.54) is 19.3 Å². The highest BCUT2D eigenvalue weighted by Crippen LogP contribution is 2.30. The van der Waals surface area contributed by atoms with E-state index in [0.717, 1.165) is 61.2 Å². The summed E-state index contributed by atoms with van der Waals surface area (Å²) in [6.07, 6.45) is 8.61. The summed E-state index contributed by atoms with van der Waals surface area (Å²) in [4.78, 5) is 1.99. The Hall–Kier alpha value is -2.21. The Labute approximate surface area is 191 Å². The number of aromatic nitrogens is 2. The molecule has 0 spiro atoms. The zero-order valence-corrected chi connectivity index (χ0v) is 19.4. The topological polar surface area (TPSA) is 47.5 Å². The van der Waals surface area contributed by atoms with Crippen LogP contribution in [0.25, 0.3) is 11.1 Å². The smallest absolute Gasteiger partial charge is 0.234 e. The summed E-state index contributed by atoms with van der Waals surface area (Å²) < 4.78 is 26.6. The molecule has 1 saturated heterocycles. The molecule has 1 aliphatic heterocycles. The summed E-state index contributed by atoms with van der Waals surface area (Å²) in [7, 11) is 1.94. The van der Waals surface area contributed by atoms with Gasteiger partial charge in [-0.25, -0.2) is 4.39 Å². The first-order chi connectivity index (χ1) is 15.6. The van der Waals surface area contributed by atoms with Gasteiger partial charge >= 0.3 is 0 Å². The van der Waals surface area contributed by atoms with Gasteiger partial charge in [0.25, 0.3) is 0 Å². The number of halogens is 1. The lowest BCUT2D eigenvalue weighted by Gasteiger charge is -2.32. The summed E-state index contributed by atoms with van der Waals surface area (Å²) in [5, 5.41) is 8.76. The molecule has 174 valence electrons. The third kappa shape index (κ3) is 5.97. The van der Waals surface area contributed by atoms with Crippen molar-refractivity contribution >= 4 is 0 Å². The van der Waals surface area contributed by atoms with Crippen LogP contribution in [-0.2, 0) is 6.42 Å². The van der Waals surface area contributed by atoms with Crippen LogP contribution >= 0.6 is 0 Å². The van der Waals surface area contributed by atoms with Crippen molar-refractivity contribution in [3.8, 4) is 22.8 Å². The maximum absolute atomic E-state index is 14.5. The first-order valence-electron chi connectivity index (χ1n) is 12.3. The van der Waals surface area contributed by atoms with Gasteiger partial charge in [0.15, 0.2) is 0 Å². The largest absolute Gasteiger partial charge is 0.490 e. The van der Waals surface area contributed by atoms with E-state index in [9.17, 15) is 4.39 Å². The molecule has 2 fully saturated rings. The molecule has 0 amide bonds. The minimum Gasteiger partial charge on any atom is -0.490 e. The highest BCUT2D eigenvalue weighted by molar-refractivity contribution is 5.67. The molecule has 6 heteroatoms. The zero-order chi connectivity index (χ0) is 22.3. The maximum atomic E-state index is 14.5. The Morgan fingerprint density at radius 3 is 2.53 bits per heavy atom. The molecule has 4 rings (SSSR count). The lowest BCUT2D eigenvalue weighted by atomic mass is 9.97. The fourth-order valence-corrected chi connectivity index (χ4v) is 4.65. The number of alkyl halides is 1. The summed E-state index contributed by atoms with van der Waals surface area (Å²) in [5.74, 6) is 1.32. The van der Waals surface area contributed by atoms with Crippen molar-refractivity contribution in [3.63, 3.8) is 0 Å². The molecule has 0 radical (unpaired) electrons. The van der Waals surface area contributed by atoms with E-state index in [2.05, 4.69) is 29.3 Å². The Morgan fingerprint density at radius 1 is 1.03 bits per heavy atom. The van der Waals surface area contributed by atoms with Crippen LogP contribution in [0.4, 0.5) is 4.39 Å². The second-order valence-electron chi connectivity index (χ2n) is 9.27. The molecule has 1 aromatic carbocycles. The number of nitrogens with zero attached hydrogens (tertiary/aromatic N) is 3. The third-order valence-electron chi connectivity index (χ3n) is 6.59. The van der Waals surface area contributed by atoms with Gasteiger partial charge < -0.3 is 14.4 Å². The molecule has 2 heterocycles. The number of piperidine rings is 1. The van der Waals surface area contributed by atoms with Gasteiger partial charge in [-0.1, -0.05) is 31.9 Å².